The van der Waals surface area contributed by atoms with E-state index in [1.807, 2.05) is 6.92 Å². The maximum atomic E-state index is 13.2. The third-order valence-corrected chi connectivity index (χ3v) is 7.40. The summed E-state index contributed by atoms with van der Waals surface area (Å²) in [5.74, 6) is 1.49. The minimum atomic E-state index is -0.0539. The van der Waals surface area contributed by atoms with Crippen LogP contribution in [0.2, 0.25) is 0 Å². The summed E-state index contributed by atoms with van der Waals surface area (Å²) in [7, 11) is 0. The topological polar surface area (TPSA) is 101 Å². The second-order valence-corrected chi connectivity index (χ2v) is 9.72. The van der Waals surface area contributed by atoms with Crippen LogP contribution in [0.4, 0.5) is 10.9 Å². The van der Waals surface area contributed by atoms with E-state index >= 15 is 0 Å². The number of fused-ring (bicyclic) bond motifs is 1. The van der Waals surface area contributed by atoms with Crippen molar-refractivity contribution in [3.63, 3.8) is 0 Å². The Bertz CT molecular complexity index is 959. The number of aryl methyl sites for hydroxylation is 1. The molecule has 3 aliphatic rings. The molecule has 0 radical (unpaired) electrons. The highest BCUT2D eigenvalue weighted by Gasteiger charge is 2.35. The average Bonchev–Trinajstić information content (AvgIpc) is 3.66. The number of amides is 2. The van der Waals surface area contributed by atoms with Crippen molar-refractivity contribution in [1.29, 1.82) is 0 Å². The lowest BCUT2D eigenvalue weighted by atomic mass is 9.91. The minimum absolute atomic E-state index is 0.0506. The van der Waals surface area contributed by atoms with Gasteiger partial charge in [-0.05, 0) is 63.4 Å². The van der Waals surface area contributed by atoms with Gasteiger partial charge in [0.05, 0.1) is 5.56 Å². The van der Waals surface area contributed by atoms with E-state index in [9.17, 15) is 9.59 Å². The van der Waals surface area contributed by atoms with Crippen molar-refractivity contribution in [1.82, 2.24) is 20.1 Å². The molecule has 5 rings (SSSR count). The Morgan fingerprint density at radius 2 is 2.07 bits per heavy atom. The molecular formula is C21H28N6O2S. The molecule has 160 valence electrons. The molecule has 1 atom stereocenters. The van der Waals surface area contributed by atoms with Gasteiger partial charge in [0, 0.05) is 29.9 Å². The zero-order chi connectivity index (χ0) is 20.7. The highest BCUT2D eigenvalue weighted by molar-refractivity contribution is 7.17. The molecular weight excluding hydrogens is 400 g/mol. The number of nitrogens with one attached hydrogen (secondary N) is 3. The summed E-state index contributed by atoms with van der Waals surface area (Å²) in [6, 6.07) is 0.193. The Kier molecular flexibility index (Phi) is 5.22. The van der Waals surface area contributed by atoms with Gasteiger partial charge in [-0.3, -0.25) is 14.2 Å². The number of carbonyl (C=O) groups is 2. The number of thiophene rings is 1. The van der Waals surface area contributed by atoms with Crippen molar-refractivity contribution in [2.75, 3.05) is 23.7 Å². The summed E-state index contributed by atoms with van der Waals surface area (Å²) in [5, 5.41) is 18.4. The Morgan fingerprint density at radius 1 is 1.23 bits per heavy atom. The Balaban J connectivity index is 1.43. The van der Waals surface area contributed by atoms with Crippen LogP contribution in [0.1, 0.15) is 65.9 Å². The maximum absolute atomic E-state index is 13.2. The number of rotatable bonds is 8. The third-order valence-electron chi connectivity index (χ3n) is 6.20. The molecule has 2 saturated carbocycles. The van der Waals surface area contributed by atoms with Gasteiger partial charge in [0.1, 0.15) is 11.3 Å². The van der Waals surface area contributed by atoms with Gasteiger partial charge in [-0.15, -0.1) is 21.5 Å². The standard InChI is InChI=1S/C21H28N6O2S/c1-2-22-21-26-24-11-27(21)14-7-8-16-15(9-14)17(19(29)23-10-12-3-4-12)20(30-16)25-18(28)13-5-6-13/h11-14H,2-10H2,1H3,(H,22,26)(H,23,29)(H,25,28)/t14-/m0/s1. The number of carbonyl (C=O) groups excluding carboxylic acids is 2. The summed E-state index contributed by atoms with van der Waals surface area (Å²) in [4.78, 5) is 26.8. The predicted molar refractivity (Wildman–Crippen MR) is 116 cm³/mol. The molecule has 0 unspecified atom stereocenters. The van der Waals surface area contributed by atoms with Crippen molar-refractivity contribution in [2.24, 2.45) is 11.8 Å². The Labute approximate surface area is 179 Å². The van der Waals surface area contributed by atoms with Crippen molar-refractivity contribution in [2.45, 2.75) is 57.9 Å². The molecule has 2 heterocycles. The maximum Gasteiger partial charge on any atom is 0.254 e. The lowest BCUT2D eigenvalue weighted by molar-refractivity contribution is -0.117. The molecule has 3 N–H and O–H groups in total. The molecule has 0 spiro atoms. The normalized spacial score (nSPS) is 20.5. The van der Waals surface area contributed by atoms with E-state index < -0.39 is 0 Å². The molecule has 0 aliphatic heterocycles. The quantitative estimate of drug-likeness (QED) is 0.600. The van der Waals surface area contributed by atoms with Crippen LogP contribution in [0.3, 0.4) is 0 Å². The predicted octanol–water partition coefficient (Wildman–Crippen LogP) is 2.99. The van der Waals surface area contributed by atoms with Crippen LogP contribution in [-0.2, 0) is 17.6 Å². The molecule has 2 amide bonds. The first kappa shape index (κ1) is 19.5. The first-order chi connectivity index (χ1) is 14.6. The molecule has 0 aromatic carbocycles. The van der Waals surface area contributed by atoms with Crippen LogP contribution in [0.5, 0.6) is 0 Å². The fourth-order valence-corrected chi connectivity index (χ4v) is 5.38. The highest BCUT2D eigenvalue weighted by atomic mass is 32.1. The lowest BCUT2D eigenvalue weighted by Crippen LogP contribution is -2.28. The van der Waals surface area contributed by atoms with Gasteiger partial charge in [0.25, 0.3) is 5.91 Å². The average molecular weight is 429 g/mol. The van der Waals surface area contributed by atoms with Crippen LogP contribution in [-0.4, -0.2) is 39.7 Å². The summed E-state index contributed by atoms with van der Waals surface area (Å²) < 4.78 is 2.08. The van der Waals surface area contributed by atoms with Crippen LogP contribution in [0, 0.1) is 11.8 Å². The lowest BCUT2D eigenvalue weighted by Gasteiger charge is -2.25. The Morgan fingerprint density at radius 3 is 2.80 bits per heavy atom. The van der Waals surface area contributed by atoms with E-state index in [4.69, 9.17) is 0 Å². The summed E-state index contributed by atoms with van der Waals surface area (Å²) in [5.41, 5.74) is 1.75. The highest BCUT2D eigenvalue weighted by Crippen LogP contribution is 2.42. The summed E-state index contributed by atoms with van der Waals surface area (Å²) >= 11 is 1.58. The molecule has 0 bridgehead atoms. The second kappa shape index (κ2) is 8.02. The third kappa shape index (κ3) is 3.95. The SMILES string of the molecule is CCNc1nncn1[C@H]1CCc2sc(NC(=O)C3CC3)c(C(=O)NCC3CC3)c2C1. The van der Waals surface area contributed by atoms with E-state index in [1.54, 1.807) is 17.7 Å². The minimum Gasteiger partial charge on any atom is -0.355 e. The second-order valence-electron chi connectivity index (χ2n) is 8.61. The summed E-state index contributed by atoms with van der Waals surface area (Å²) in [6.45, 7) is 3.54. The van der Waals surface area contributed by atoms with Crippen molar-refractivity contribution < 1.29 is 9.59 Å². The molecule has 3 aliphatic carbocycles. The molecule has 30 heavy (non-hydrogen) atoms. The van der Waals surface area contributed by atoms with Crippen molar-refractivity contribution >= 4 is 34.1 Å². The summed E-state index contributed by atoms with van der Waals surface area (Å²) in [6.07, 6.45) is 8.63. The molecule has 2 aromatic heterocycles. The van der Waals surface area contributed by atoms with E-state index in [2.05, 4.69) is 30.7 Å². The van der Waals surface area contributed by atoms with Crippen molar-refractivity contribution in [3.05, 3.63) is 22.3 Å². The molecule has 2 aromatic rings. The van der Waals surface area contributed by atoms with Crippen molar-refractivity contribution in [3.8, 4) is 0 Å². The smallest absolute Gasteiger partial charge is 0.254 e. The number of aromatic nitrogens is 3. The first-order valence-electron chi connectivity index (χ1n) is 11.0. The monoisotopic (exact) mass is 428 g/mol. The largest absolute Gasteiger partial charge is 0.355 e. The van der Waals surface area contributed by atoms with Crippen LogP contribution >= 0.6 is 11.3 Å². The number of anilines is 2. The van der Waals surface area contributed by atoms with Crippen LogP contribution in [0.25, 0.3) is 0 Å². The van der Waals surface area contributed by atoms with Gasteiger partial charge in [-0.1, -0.05) is 0 Å². The number of hydrogen-bond acceptors (Lipinski definition) is 6. The van der Waals surface area contributed by atoms with E-state index in [0.29, 0.717) is 11.5 Å². The van der Waals surface area contributed by atoms with Gasteiger partial charge in [0.15, 0.2) is 0 Å². The fraction of sp³-hybridized carbons (Fsp3) is 0.619. The zero-order valence-corrected chi connectivity index (χ0v) is 18.1. The zero-order valence-electron chi connectivity index (χ0n) is 17.2. The van der Waals surface area contributed by atoms with Gasteiger partial charge < -0.3 is 16.0 Å². The molecule has 9 heteroatoms. The van der Waals surface area contributed by atoms with E-state index in [1.165, 1.54) is 17.7 Å². The van der Waals surface area contributed by atoms with E-state index in [-0.39, 0.29) is 23.8 Å². The number of hydrogen-bond donors (Lipinski definition) is 3. The van der Waals surface area contributed by atoms with Gasteiger partial charge >= 0.3 is 0 Å². The number of nitrogens with zero attached hydrogens (tertiary/aromatic N) is 3. The van der Waals surface area contributed by atoms with E-state index in [0.717, 1.165) is 61.7 Å². The van der Waals surface area contributed by atoms with Crippen LogP contribution < -0.4 is 16.0 Å². The first-order valence-corrected chi connectivity index (χ1v) is 11.8. The van der Waals surface area contributed by atoms with Gasteiger partial charge in [-0.25, -0.2) is 0 Å². The molecule has 8 nitrogen and oxygen atoms in total. The Hall–Kier alpha value is -2.42. The van der Waals surface area contributed by atoms with Gasteiger partial charge in [-0.2, -0.15) is 0 Å². The molecule has 0 saturated heterocycles. The van der Waals surface area contributed by atoms with Crippen LogP contribution in [0.15, 0.2) is 6.33 Å². The van der Waals surface area contributed by atoms with Gasteiger partial charge in [0.2, 0.25) is 11.9 Å². The molecule has 2 fully saturated rings. The fourth-order valence-electron chi connectivity index (χ4n) is 4.13.